The van der Waals surface area contributed by atoms with Crippen LogP contribution >= 0.6 is 0 Å². The second-order valence-corrected chi connectivity index (χ2v) is 4.54. The zero-order valence-corrected chi connectivity index (χ0v) is 10.1. The average molecular weight is 200 g/mol. The molecule has 0 fully saturated rings. The molecular formula is C12H24O2. The minimum absolute atomic E-state index is 0.0898. The van der Waals surface area contributed by atoms with Crippen molar-refractivity contribution >= 4 is 5.97 Å². The van der Waals surface area contributed by atoms with Crippen molar-refractivity contribution in [3.63, 3.8) is 0 Å². The second-order valence-electron chi connectivity index (χ2n) is 4.54. The van der Waals surface area contributed by atoms with Gasteiger partial charge in [-0.2, -0.15) is 0 Å². The van der Waals surface area contributed by atoms with Gasteiger partial charge in [-0.1, -0.05) is 39.0 Å². The third kappa shape index (κ3) is 5.25. The minimum Gasteiger partial charge on any atom is -0.469 e. The van der Waals surface area contributed by atoms with Crippen molar-refractivity contribution < 1.29 is 9.53 Å². The lowest BCUT2D eigenvalue weighted by atomic mass is 9.87. The molecule has 0 saturated carbocycles. The largest absolute Gasteiger partial charge is 0.469 e. The van der Waals surface area contributed by atoms with Crippen LogP contribution in [0.5, 0.6) is 0 Å². The maximum atomic E-state index is 11.3. The highest BCUT2D eigenvalue weighted by atomic mass is 16.5. The van der Waals surface area contributed by atoms with Gasteiger partial charge in [0.2, 0.25) is 0 Å². The molecule has 0 N–H and O–H groups in total. The van der Waals surface area contributed by atoms with Crippen LogP contribution in [0, 0.1) is 5.41 Å². The normalized spacial score (nSPS) is 11.4. The number of hydrogen-bond acceptors (Lipinski definition) is 2. The molecule has 0 rings (SSSR count). The zero-order chi connectivity index (χ0) is 11.0. The van der Waals surface area contributed by atoms with Crippen molar-refractivity contribution in [2.75, 3.05) is 7.11 Å². The summed E-state index contributed by atoms with van der Waals surface area (Å²) in [5, 5.41) is 0. The summed E-state index contributed by atoms with van der Waals surface area (Å²) < 4.78 is 4.75. The Morgan fingerprint density at radius 3 is 2.21 bits per heavy atom. The van der Waals surface area contributed by atoms with E-state index in [0.717, 1.165) is 12.8 Å². The highest BCUT2D eigenvalue weighted by Crippen LogP contribution is 2.25. The lowest BCUT2D eigenvalue weighted by Gasteiger charge is -2.20. The van der Waals surface area contributed by atoms with Crippen molar-refractivity contribution in [3.8, 4) is 0 Å². The van der Waals surface area contributed by atoms with Crippen LogP contribution in [0.4, 0.5) is 0 Å². The van der Waals surface area contributed by atoms with E-state index >= 15 is 0 Å². The number of carbonyl (C=O) groups is 1. The lowest BCUT2D eigenvalue weighted by molar-refractivity contribution is -0.151. The van der Waals surface area contributed by atoms with E-state index in [-0.39, 0.29) is 11.4 Å². The maximum absolute atomic E-state index is 11.3. The molecule has 0 spiro atoms. The maximum Gasteiger partial charge on any atom is 0.311 e. The summed E-state index contributed by atoms with van der Waals surface area (Å²) in [6, 6.07) is 0. The zero-order valence-electron chi connectivity index (χ0n) is 10.1. The number of methoxy groups -OCH3 is 1. The van der Waals surface area contributed by atoms with Gasteiger partial charge in [0.25, 0.3) is 0 Å². The van der Waals surface area contributed by atoms with E-state index in [1.54, 1.807) is 0 Å². The fraction of sp³-hybridized carbons (Fsp3) is 0.917. The van der Waals surface area contributed by atoms with Crippen LogP contribution in [0.15, 0.2) is 0 Å². The average Bonchev–Trinajstić information content (AvgIpc) is 2.16. The van der Waals surface area contributed by atoms with Gasteiger partial charge in [-0.05, 0) is 20.3 Å². The molecule has 0 aliphatic rings. The molecule has 0 aromatic rings. The van der Waals surface area contributed by atoms with E-state index in [1.807, 2.05) is 13.8 Å². The Bertz CT molecular complexity index is 162. The molecule has 0 aliphatic carbocycles. The highest BCUT2D eigenvalue weighted by Gasteiger charge is 2.27. The molecule has 2 nitrogen and oxygen atoms in total. The van der Waals surface area contributed by atoms with E-state index in [2.05, 4.69) is 6.92 Å². The first kappa shape index (κ1) is 13.5. The van der Waals surface area contributed by atoms with Crippen LogP contribution in [0.1, 0.15) is 59.3 Å². The minimum atomic E-state index is -0.305. The predicted molar refractivity (Wildman–Crippen MR) is 59.2 cm³/mol. The molecule has 0 saturated heterocycles. The molecule has 84 valence electrons. The molecule has 0 unspecified atom stereocenters. The van der Waals surface area contributed by atoms with Gasteiger partial charge < -0.3 is 4.74 Å². The number of ether oxygens (including phenoxy) is 1. The van der Waals surface area contributed by atoms with E-state index < -0.39 is 0 Å². The molecular weight excluding hydrogens is 176 g/mol. The summed E-state index contributed by atoms with van der Waals surface area (Å²) in [6.45, 7) is 6.12. The topological polar surface area (TPSA) is 26.3 Å². The fourth-order valence-electron chi connectivity index (χ4n) is 1.55. The number of hydrogen-bond donors (Lipinski definition) is 0. The summed E-state index contributed by atoms with van der Waals surface area (Å²) in [7, 11) is 1.46. The number of unbranched alkanes of at least 4 members (excludes halogenated alkanes) is 4. The van der Waals surface area contributed by atoms with Crippen molar-refractivity contribution in [3.05, 3.63) is 0 Å². The second kappa shape index (κ2) is 6.86. The fourth-order valence-corrected chi connectivity index (χ4v) is 1.55. The van der Waals surface area contributed by atoms with Gasteiger partial charge in [-0.15, -0.1) is 0 Å². The van der Waals surface area contributed by atoms with Gasteiger partial charge in [0.05, 0.1) is 12.5 Å². The molecule has 0 heterocycles. The molecule has 0 radical (unpaired) electrons. The first-order valence-electron chi connectivity index (χ1n) is 5.63. The predicted octanol–water partition coefficient (Wildman–Crippen LogP) is 3.55. The van der Waals surface area contributed by atoms with Crippen molar-refractivity contribution in [1.82, 2.24) is 0 Å². The van der Waals surface area contributed by atoms with Gasteiger partial charge in [0.1, 0.15) is 0 Å². The molecule has 0 aliphatic heterocycles. The Kier molecular flexibility index (Phi) is 6.60. The Morgan fingerprint density at radius 2 is 1.71 bits per heavy atom. The molecule has 0 amide bonds. The molecule has 0 atom stereocenters. The summed E-state index contributed by atoms with van der Waals surface area (Å²) in [5.74, 6) is -0.0898. The Morgan fingerprint density at radius 1 is 1.14 bits per heavy atom. The third-order valence-electron chi connectivity index (χ3n) is 2.64. The first-order chi connectivity index (χ1) is 6.54. The molecule has 0 aromatic carbocycles. The standard InChI is InChI=1S/C12H24O2/c1-5-6-7-8-9-10-12(2,3)11(13)14-4/h5-10H2,1-4H3. The van der Waals surface area contributed by atoms with Gasteiger partial charge in [-0.25, -0.2) is 0 Å². The summed E-state index contributed by atoms with van der Waals surface area (Å²) in [4.78, 5) is 11.3. The van der Waals surface area contributed by atoms with Crippen LogP contribution in [-0.2, 0) is 9.53 Å². The summed E-state index contributed by atoms with van der Waals surface area (Å²) >= 11 is 0. The van der Waals surface area contributed by atoms with E-state index in [9.17, 15) is 4.79 Å². The van der Waals surface area contributed by atoms with Crippen molar-refractivity contribution in [2.24, 2.45) is 5.41 Å². The van der Waals surface area contributed by atoms with Crippen molar-refractivity contribution in [1.29, 1.82) is 0 Å². The quantitative estimate of drug-likeness (QED) is 0.464. The van der Waals surface area contributed by atoms with Gasteiger partial charge in [-0.3, -0.25) is 4.79 Å². The van der Waals surface area contributed by atoms with Gasteiger partial charge in [0, 0.05) is 0 Å². The van der Waals surface area contributed by atoms with Crippen LogP contribution in [0.2, 0.25) is 0 Å². The number of carbonyl (C=O) groups excluding carboxylic acids is 1. The SMILES string of the molecule is CCCCCCCC(C)(C)C(=O)OC. The Balaban J connectivity index is 3.60. The number of rotatable bonds is 7. The van der Waals surface area contributed by atoms with Crippen LogP contribution in [0.3, 0.4) is 0 Å². The van der Waals surface area contributed by atoms with Crippen LogP contribution < -0.4 is 0 Å². The molecule has 0 aromatic heterocycles. The first-order valence-corrected chi connectivity index (χ1v) is 5.63. The van der Waals surface area contributed by atoms with Gasteiger partial charge in [0.15, 0.2) is 0 Å². The van der Waals surface area contributed by atoms with E-state index in [0.29, 0.717) is 0 Å². The Labute approximate surface area is 88.0 Å². The van der Waals surface area contributed by atoms with E-state index in [1.165, 1.54) is 32.8 Å². The Hall–Kier alpha value is -0.530. The summed E-state index contributed by atoms with van der Waals surface area (Å²) in [6.07, 6.45) is 7.15. The van der Waals surface area contributed by atoms with Crippen molar-refractivity contribution in [2.45, 2.75) is 59.3 Å². The van der Waals surface area contributed by atoms with Crippen LogP contribution in [0.25, 0.3) is 0 Å². The molecule has 0 bridgehead atoms. The highest BCUT2D eigenvalue weighted by molar-refractivity contribution is 5.75. The van der Waals surface area contributed by atoms with E-state index in [4.69, 9.17) is 4.74 Å². The van der Waals surface area contributed by atoms with Crippen LogP contribution in [-0.4, -0.2) is 13.1 Å². The third-order valence-corrected chi connectivity index (χ3v) is 2.64. The molecule has 14 heavy (non-hydrogen) atoms. The lowest BCUT2D eigenvalue weighted by Crippen LogP contribution is -2.25. The number of esters is 1. The monoisotopic (exact) mass is 200 g/mol. The molecule has 2 heteroatoms. The summed E-state index contributed by atoms with van der Waals surface area (Å²) in [5.41, 5.74) is -0.305. The smallest absolute Gasteiger partial charge is 0.311 e. The van der Waals surface area contributed by atoms with Gasteiger partial charge >= 0.3 is 5.97 Å².